The number of ketones is 1. The van der Waals surface area contributed by atoms with Crippen molar-refractivity contribution in [1.29, 1.82) is 5.26 Å². The predicted octanol–water partition coefficient (Wildman–Crippen LogP) is 4.05. The molecule has 2 aromatic rings. The number of nitrogens with zero attached hydrogens (tertiary/aromatic N) is 3. The molecule has 4 rings (SSSR count). The van der Waals surface area contributed by atoms with Gasteiger partial charge in [0.2, 0.25) is 0 Å². The highest BCUT2D eigenvalue weighted by molar-refractivity contribution is 6.00. The lowest BCUT2D eigenvalue weighted by molar-refractivity contribution is -0.119. The second kappa shape index (κ2) is 6.75. The van der Waals surface area contributed by atoms with Crippen LogP contribution in [0.15, 0.2) is 65.1 Å². The minimum Gasteiger partial charge on any atom is -0.383 e. The molecule has 0 bridgehead atoms. The molecule has 1 heterocycles. The maximum Gasteiger partial charge on any atom is 0.162 e. The molecule has 5 heteroatoms. The number of hydrogen-bond acceptors (Lipinski definition) is 5. The zero-order chi connectivity index (χ0) is 20.9. The molecule has 0 spiro atoms. The Balaban J connectivity index is 1.98. The summed E-state index contributed by atoms with van der Waals surface area (Å²) in [6.45, 7) is 4.21. The maximum absolute atomic E-state index is 13.4. The molecule has 29 heavy (non-hydrogen) atoms. The lowest BCUT2D eigenvalue weighted by atomic mass is 9.69. The molecule has 1 aliphatic carbocycles. The first-order chi connectivity index (χ1) is 13.7. The molecule has 5 nitrogen and oxygen atoms in total. The van der Waals surface area contributed by atoms with Crippen LogP contribution >= 0.6 is 0 Å². The van der Waals surface area contributed by atoms with Crippen LogP contribution in [-0.4, -0.2) is 29.9 Å². The molecular formula is C24H26N4O. The molecule has 2 aliphatic rings. The number of carbonyl (C=O) groups excluding carboxylic acids is 1. The summed E-state index contributed by atoms with van der Waals surface area (Å²) in [5.74, 6) is 0.0702. The molecule has 0 saturated carbocycles. The number of benzene rings is 2. The van der Waals surface area contributed by atoms with Crippen molar-refractivity contribution in [2.75, 3.05) is 14.1 Å². The standard InChI is InChI=1S/C24H26N4O/c1-24(2)12-19-22(20(29)13-24)21(18(14-25)23(26)28(19)27(3)4)17-10-9-15-7-5-6-8-16(15)11-17/h5-11,21H,12-13,26H2,1-4H3/t21-/m0/s1. The normalized spacial score (nSPS) is 21.6. The van der Waals surface area contributed by atoms with Crippen molar-refractivity contribution < 1.29 is 4.79 Å². The van der Waals surface area contributed by atoms with Gasteiger partial charge in [0.1, 0.15) is 5.82 Å². The van der Waals surface area contributed by atoms with E-state index in [0.29, 0.717) is 23.4 Å². The summed E-state index contributed by atoms with van der Waals surface area (Å²) in [6, 6.07) is 16.6. The largest absolute Gasteiger partial charge is 0.383 e. The van der Waals surface area contributed by atoms with Crippen LogP contribution in [0.1, 0.15) is 38.2 Å². The van der Waals surface area contributed by atoms with Gasteiger partial charge in [-0.2, -0.15) is 5.26 Å². The Morgan fingerprint density at radius 1 is 1.14 bits per heavy atom. The van der Waals surface area contributed by atoms with E-state index in [1.54, 1.807) is 0 Å². The smallest absolute Gasteiger partial charge is 0.162 e. The highest BCUT2D eigenvalue weighted by atomic mass is 16.1. The molecular weight excluding hydrogens is 360 g/mol. The van der Waals surface area contributed by atoms with Crippen LogP contribution in [0.25, 0.3) is 10.8 Å². The van der Waals surface area contributed by atoms with Crippen LogP contribution in [0, 0.1) is 16.7 Å². The SMILES string of the molecule is CN(C)N1C(N)=C(C#N)[C@H](c2ccc3ccccc3c2)C2=C1CC(C)(C)CC2=O. The van der Waals surface area contributed by atoms with Gasteiger partial charge in [-0.1, -0.05) is 56.3 Å². The Labute approximate surface area is 171 Å². The quantitative estimate of drug-likeness (QED) is 0.843. The number of allylic oxidation sites excluding steroid dienone is 3. The van der Waals surface area contributed by atoms with Gasteiger partial charge in [-0.3, -0.25) is 9.80 Å². The number of hydrazine groups is 1. The second-order valence-electron chi connectivity index (χ2n) is 8.91. The summed E-state index contributed by atoms with van der Waals surface area (Å²) in [7, 11) is 3.77. The predicted molar refractivity (Wildman–Crippen MR) is 114 cm³/mol. The fraction of sp³-hybridized carbons (Fsp3) is 0.333. The van der Waals surface area contributed by atoms with Gasteiger partial charge < -0.3 is 5.73 Å². The Morgan fingerprint density at radius 2 is 1.83 bits per heavy atom. The van der Waals surface area contributed by atoms with Crippen LogP contribution in [0.2, 0.25) is 0 Å². The summed E-state index contributed by atoms with van der Waals surface area (Å²) in [4.78, 5) is 13.4. The molecule has 0 saturated heterocycles. The van der Waals surface area contributed by atoms with Crippen molar-refractivity contribution >= 4 is 16.6 Å². The first-order valence-electron chi connectivity index (χ1n) is 9.85. The number of nitriles is 1. The molecule has 0 unspecified atom stereocenters. The number of Topliss-reactive ketones (excluding diaryl/α,β-unsaturated/α-hetero) is 1. The van der Waals surface area contributed by atoms with Crippen molar-refractivity contribution in [3.63, 3.8) is 0 Å². The minimum atomic E-state index is -0.431. The van der Waals surface area contributed by atoms with Crippen LogP contribution in [-0.2, 0) is 4.79 Å². The number of carbonyl (C=O) groups is 1. The van der Waals surface area contributed by atoms with Crippen molar-refractivity contribution in [3.8, 4) is 6.07 Å². The Bertz CT molecular complexity index is 1120. The highest BCUT2D eigenvalue weighted by Gasteiger charge is 2.44. The zero-order valence-corrected chi connectivity index (χ0v) is 17.4. The van der Waals surface area contributed by atoms with Crippen molar-refractivity contribution in [2.45, 2.75) is 32.6 Å². The monoisotopic (exact) mass is 386 g/mol. The van der Waals surface area contributed by atoms with E-state index < -0.39 is 5.92 Å². The molecule has 148 valence electrons. The van der Waals surface area contributed by atoms with Crippen LogP contribution in [0.5, 0.6) is 0 Å². The number of hydrogen-bond donors (Lipinski definition) is 1. The van der Waals surface area contributed by atoms with E-state index in [0.717, 1.165) is 28.5 Å². The Morgan fingerprint density at radius 3 is 2.48 bits per heavy atom. The van der Waals surface area contributed by atoms with E-state index in [-0.39, 0.29) is 11.2 Å². The molecule has 1 aliphatic heterocycles. The van der Waals surface area contributed by atoms with Crippen LogP contribution in [0.3, 0.4) is 0 Å². The summed E-state index contributed by atoms with van der Waals surface area (Å²) >= 11 is 0. The first kappa shape index (κ1) is 19.2. The van der Waals surface area contributed by atoms with Gasteiger partial charge in [0.05, 0.1) is 17.6 Å². The summed E-state index contributed by atoms with van der Waals surface area (Å²) < 4.78 is 0. The average molecular weight is 386 g/mol. The van der Waals surface area contributed by atoms with Crippen molar-refractivity contribution in [2.24, 2.45) is 11.1 Å². The molecule has 1 atom stereocenters. The van der Waals surface area contributed by atoms with Crippen molar-refractivity contribution in [3.05, 3.63) is 70.7 Å². The third-order valence-electron chi connectivity index (χ3n) is 5.86. The van der Waals surface area contributed by atoms with Crippen LogP contribution in [0.4, 0.5) is 0 Å². The number of rotatable bonds is 2. The van der Waals surface area contributed by atoms with Gasteiger partial charge in [-0.25, -0.2) is 5.01 Å². The fourth-order valence-corrected chi connectivity index (χ4v) is 4.67. The Kier molecular flexibility index (Phi) is 4.48. The lowest BCUT2D eigenvalue weighted by Crippen LogP contribution is -2.47. The van der Waals surface area contributed by atoms with Gasteiger partial charge in [0, 0.05) is 31.8 Å². The van der Waals surface area contributed by atoms with E-state index in [2.05, 4.69) is 32.0 Å². The third kappa shape index (κ3) is 3.10. The maximum atomic E-state index is 13.4. The molecule has 0 amide bonds. The second-order valence-corrected chi connectivity index (χ2v) is 8.91. The molecule has 2 N–H and O–H groups in total. The van der Waals surface area contributed by atoms with E-state index in [4.69, 9.17) is 5.73 Å². The molecule has 0 aromatic heterocycles. The number of fused-ring (bicyclic) bond motifs is 1. The minimum absolute atomic E-state index is 0.0986. The lowest BCUT2D eigenvalue weighted by Gasteiger charge is -2.45. The summed E-state index contributed by atoms with van der Waals surface area (Å²) in [5.41, 5.74) is 9.34. The van der Waals surface area contributed by atoms with E-state index >= 15 is 0 Å². The zero-order valence-electron chi connectivity index (χ0n) is 17.4. The van der Waals surface area contributed by atoms with Gasteiger partial charge in [0.25, 0.3) is 0 Å². The number of nitrogens with two attached hydrogens (primary N) is 1. The summed E-state index contributed by atoms with van der Waals surface area (Å²) in [6.07, 6.45) is 1.20. The topological polar surface area (TPSA) is 73.4 Å². The van der Waals surface area contributed by atoms with Crippen LogP contribution < -0.4 is 5.73 Å². The van der Waals surface area contributed by atoms with Gasteiger partial charge in [-0.15, -0.1) is 0 Å². The molecule has 0 fully saturated rings. The average Bonchev–Trinajstić information content (AvgIpc) is 2.65. The van der Waals surface area contributed by atoms with Gasteiger partial charge in [0.15, 0.2) is 5.78 Å². The summed E-state index contributed by atoms with van der Waals surface area (Å²) in [5, 5.41) is 15.9. The first-order valence-corrected chi connectivity index (χ1v) is 9.85. The molecule has 0 radical (unpaired) electrons. The fourth-order valence-electron chi connectivity index (χ4n) is 4.67. The van der Waals surface area contributed by atoms with Gasteiger partial charge >= 0.3 is 0 Å². The van der Waals surface area contributed by atoms with Gasteiger partial charge in [-0.05, 0) is 28.2 Å². The van der Waals surface area contributed by atoms with E-state index in [1.807, 2.05) is 54.4 Å². The highest BCUT2D eigenvalue weighted by Crippen LogP contribution is 2.49. The third-order valence-corrected chi connectivity index (χ3v) is 5.86. The van der Waals surface area contributed by atoms with Crippen molar-refractivity contribution in [1.82, 2.24) is 10.0 Å². The van der Waals surface area contributed by atoms with E-state index in [9.17, 15) is 10.1 Å². The molecule has 2 aromatic carbocycles. The van der Waals surface area contributed by atoms with E-state index in [1.165, 1.54) is 0 Å². The Hall–Kier alpha value is -3.10.